The summed E-state index contributed by atoms with van der Waals surface area (Å²) in [7, 11) is 5.27. The van der Waals surface area contributed by atoms with Crippen molar-refractivity contribution >= 4 is 18.3 Å². The molecule has 1 saturated heterocycles. The molecule has 2 aromatic rings. The fourth-order valence-corrected chi connectivity index (χ4v) is 3.60. The maximum atomic E-state index is 12.5. The second kappa shape index (κ2) is 11.7. The molecular formula is C21H29N5O5. The first-order valence-electron chi connectivity index (χ1n) is 9.91. The Balaban J connectivity index is 0.00000107. The minimum Gasteiger partial charge on any atom is -0.494 e. The van der Waals surface area contributed by atoms with Gasteiger partial charge in [-0.05, 0) is 32.0 Å². The van der Waals surface area contributed by atoms with Crippen LogP contribution in [0.15, 0.2) is 36.7 Å². The number of nitrogens with one attached hydrogen (secondary N) is 2. The van der Waals surface area contributed by atoms with Gasteiger partial charge in [-0.2, -0.15) is 5.10 Å². The van der Waals surface area contributed by atoms with Crippen molar-refractivity contribution in [3.05, 3.63) is 42.2 Å². The molecule has 0 radical (unpaired) electrons. The van der Waals surface area contributed by atoms with Gasteiger partial charge in [-0.1, -0.05) is 12.1 Å². The van der Waals surface area contributed by atoms with Gasteiger partial charge in [-0.3, -0.25) is 19.3 Å². The molecule has 1 aromatic heterocycles. The Labute approximate surface area is 181 Å². The van der Waals surface area contributed by atoms with E-state index in [4.69, 9.17) is 14.6 Å². The van der Waals surface area contributed by atoms with Crippen LogP contribution in [-0.2, 0) is 9.59 Å². The van der Waals surface area contributed by atoms with Gasteiger partial charge in [0, 0.05) is 38.3 Å². The standard InChI is InChI=1S/C20H27N5O3.CH2O2/c1-21-19(26)10-15-8-9-16(24(15)2)12-22-20(27)14-11-23-25(13-14)17-6-4-5-7-18(17)28-3;2-1-3/h4-7,11,13,15-16H,8-10,12H2,1-3H3,(H,21,26)(H,22,27);1H,(H,2,3)/t15-,16+;/m1./s1. The Morgan fingerprint density at radius 2 is 1.97 bits per heavy atom. The number of amides is 2. The highest BCUT2D eigenvalue weighted by molar-refractivity contribution is 5.93. The average molecular weight is 431 g/mol. The lowest BCUT2D eigenvalue weighted by molar-refractivity contribution is -0.123. The molecule has 3 rings (SSSR count). The number of rotatable bonds is 7. The van der Waals surface area contributed by atoms with Gasteiger partial charge in [-0.15, -0.1) is 0 Å². The molecule has 1 aliphatic rings. The summed E-state index contributed by atoms with van der Waals surface area (Å²) in [6, 6.07) is 7.95. The highest BCUT2D eigenvalue weighted by Crippen LogP contribution is 2.24. The third-order valence-corrected chi connectivity index (χ3v) is 5.36. The molecule has 0 unspecified atom stereocenters. The highest BCUT2D eigenvalue weighted by Gasteiger charge is 2.31. The van der Waals surface area contributed by atoms with Crippen LogP contribution in [-0.4, -0.2) is 77.9 Å². The topological polar surface area (TPSA) is 126 Å². The number of carbonyl (C=O) groups is 3. The van der Waals surface area contributed by atoms with Gasteiger partial charge in [-0.25, -0.2) is 4.68 Å². The summed E-state index contributed by atoms with van der Waals surface area (Å²) < 4.78 is 6.98. The predicted octanol–water partition coefficient (Wildman–Crippen LogP) is 0.910. The molecule has 2 heterocycles. The van der Waals surface area contributed by atoms with Crippen LogP contribution in [0.1, 0.15) is 29.6 Å². The summed E-state index contributed by atoms with van der Waals surface area (Å²) in [6.45, 7) is 0.291. The molecule has 1 aromatic carbocycles. The molecule has 168 valence electrons. The van der Waals surface area contributed by atoms with Crippen molar-refractivity contribution in [2.45, 2.75) is 31.3 Å². The van der Waals surface area contributed by atoms with Crippen LogP contribution in [0.4, 0.5) is 0 Å². The number of methoxy groups -OCH3 is 1. The number of hydrogen-bond donors (Lipinski definition) is 3. The summed E-state index contributed by atoms with van der Waals surface area (Å²) in [6.07, 6.45) is 5.65. The third-order valence-electron chi connectivity index (χ3n) is 5.36. The normalized spacial score (nSPS) is 17.9. The molecule has 3 N–H and O–H groups in total. The van der Waals surface area contributed by atoms with Crippen LogP contribution in [0.5, 0.6) is 5.75 Å². The zero-order chi connectivity index (χ0) is 22.8. The Morgan fingerprint density at radius 3 is 2.65 bits per heavy atom. The predicted molar refractivity (Wildman–Crippen MR) is 114 cm³/mol. The van der Waals surface area contributed by atoms with Crippen molar-refractivity contribution in [2.75, 3.05) is 27.7 Å². The molecule has 2 amide bonds. The van der Waals surface area contributed by atoms with Crippen LogP contribution in [0, 0.1) is 0 Å². The summed E-state index contributed by atoms with van der Waals surface area (Å²) in [4.78, 5) is 34.7. The van der Waals surface area contributed by atoms with Crippen molar-refractivity contribution in [1.29, 1.82) is 0 Å². The minimum atomic E-state index is -0.250. The van der Waals surface area contributed by atoms with E-state index in [0.29, 0.717) is 24.3 Å². The van der Waals surface area contributed by atoms with Gasteiger partial charge >= 0.3 is 0 Å². The Hall–Kier alpha value is -3.40. The molecule has 0 aliphatic carbocycles. The molecule has 10 nitrogen and oxygen atoms in total. The Kier molecular flexibility index (Phi) is 9.01. The van der Waals surface area contributed by atoms with Crippen molar-refractivity contribution in [2.24, 2.45) is 0 Å². The summed E-state index contributed by atoms with van der Waals surface area (Å²) in [5, 5.41) is 16.8. The number of carbonyl (C=O) groups excluding carboxylic acids is 2. The Morgan fingerprint density at radius 1 is 1.29 bits per heavy atom. The molecular weight excluding hydrogens is 402 g/mol. The van der Waals surface area contributed by atoms with E-state index in [1.165, 1.54) is 0 Å². The van der Waals surface area contributed by atoms with Crippen LogP contribution in [0.25, 0.3) is 5.69 Å². The Bertz CT molecular complexity index is 885. The van der Waals surface area contributed by atoms with Crippen LogP contribution in [0.3, 0.4) is 0 Å². The molecule has 31 heavy (non-hydrogen) atoms. The molecule has 1 aliphatic heterocycles. The smallest absolute Gasteiger partial charge is 0.290 e. The summed E-state index contributed by atoms with van der Waals surface area (Å²) in [5.41, 5.74) is 1.27. The lowest BCUT2D eigenvalue weighted by Gasteiger charge is -2.25. The first kappa shape index (κ1) is 23.9. The van der Waals surface area contributed by atoms with Gasteiger partial charge in [0.2, 0.25) is 5.91 Å². The average Bonchev–Trinajstić information content (AvgIpc) is 3.40. The summed E-state index contributed by atoms with van der Waals surface area (Å²) >= 11 is 0. The van der Waals surface area contributed by atoms with E-state index in [9.17, 15) is 9.59 Å². The van der Waals surface area contributed by atoms with Gasteiger partial charge in [0.1, 0.15) is 11.4 Å². The minimum absolute atomic E-state index is 0.0466. The molecule has 10 heteroatoms. The van der Waals surface area contributed by atoms with E-state index < -0.39 is 0 Å². The molecule has 0 spiro atoms. The first-order valence-corrected chi connectivity index (χ1v) is 9.91. The fourth-order valence-electron chi connectivity index (χ4n) is 3.60. The van der Waals surface area contributed by atoms with Crippen molar-refractivity contribution in [3.8, 4) is 11.4 Å². The van der Waals surface area contributed by atoms with E-state index in [1.807, 2.05) is 31.3 Å². The van der Waals surface area contributed by atoms with Gasteiger partial charge in [0.15, 0.2) is 0 Å². The van der Waals surface area contributed by atoms with E-state index in [1.54, 1.807) is 31.2 Å². The van der Waals surface area contributed by atoms with E-state index in [0.717, 1.165) is 18.5 Å². The van der Waals surface area contributed by atoms with Crippen molar-refractivity contribution in [3.63, 3.8) is 0 Å². The zero-order valence-corrected chi connectivity index (χ0v) is 17.9. The van der Waals surface area contributed by atoms with Gasteiger partial charge in [0.05, 0.1) is 18.9 Å². The number of likely N-dealkylation sites (tertiary alicyclic amines) is 1. The van der Waals surface area contributed by atoms with Crippen LogP contribution in [0.2, 0.25) is 0 Å². The van der Waals surface area contributed by atoms with Crippen molar-refractivity contribution in [1.82, 2.24) is 25.3 Å². The lowest BCUT2D eigenvalue weighted by Crippen LogP contribution is -2.42. The maximum Gasteiger partial charge on any atom is 0.290 e. The number of hydrogen-bond acceptors (Lipinski definition) is 6. The summed E-state index contributed by atoms with van der Waals surface area (Å²) in [5.74, 6) is 0.571. The van der Waals surface area contributed by atoms with Crippen molar-refractivity contribution < 1.29 is 24.2 Å². The number of aromatic nitrogens is 2. The highest BCUT2D eigenvalue weighted by atomic mass is 16.5. The molecule has 2 atom stereocenters. The third kappa shape index (κ3) is 6.29. The van der Waals surface area contributed by atoms with Gasteiger partial charge in [0.25, 0.3) is 12.4 Å². The number of carboxylic acid groups (broad SMARTS) is 1. The van der Waals surface area contributed by atoms with E-state index in [2.05, 4.69) is 20.6 Å². The monoisotopic (exact) mass is 431 g/mol. The van der Waals surface area contributed by atoms with E-state index in [-0.39, 0.29) is 30.4 Å². The largest absolute Gasteiger partial charge is 0.494 e. The molecule has 0 bridgehead atoms. The van der Waals surface area contributed by atoms with Gasteiger partial charge < -0.3 is 20.5 Å². The SMILES string of the molecule is CNC(=O)C[C@H]1CC[C@@H](CNC(=O)c2cnn(-c3ccccc3OC)c2)N1C.O=CO. The maximum absolute atomic E-state index is 12.5. The number of likely N-dealkylation sites (N-methyl/N-ethyl adjacent to an activating group) is 1. The molecule has 1 fully saturated rings. The molecule has 0 saturated carbocycles. The number of para-hydroxylation sites is 2. The fraction of sp³-hybridized carbons (Fsp3) is 0.429. The van der Waals surface area contributed by atoms with E-state index >= 15 is 0 Å². The zero-order valence-electron chi connectivity index (χ0n) is 17.9. The number of ether oxygens (including phenoxy) is 1. The number of benzene rings is 1. The van der Waals surface area contributed by atoms with Crippen LogP contribution < -0.4 is 15.4 Å². The van der Waals surface area contributed by atoms with Crippen LogP contribution >= 0.6 is 0 Å². The second-order valence-electron chi connectivity index (χ2n) is 7.09. The quantitative estimate of drug-likeness (QED) is 0.556. The first-order chi connectivity index (χ1) is 14.9. The lowest BCUT2D eigenvalue weighted by atomic mass is 10.1. The second-order valence-corrected chi connectivity index (χ2v) is 7.09. The number of nitrogens with zero attached hydrogens (tertiary/aromatic N) is 3.